The largest absolute Gasteiger partial charge is 0.319 e. The van der Waals surface area contributed by atoms with Gasteiger partial charge in [-0.2, -0.15) is 0 Å². The van der Waals surface area contributed by atoms with Gasteiger partial charge in [-0.1, -0.05) is 23.7 Å². The third kappa shape index (κ3) is 3.14. The smallest absolute Gasteiger partial charge is 0.255 e. The zero-order valence-electron chi connectivity index (χ0n) is 10.0. The molecule has 1 N–H and O–H groups in total. The van der Waals surface area contributed by atoms with E-state index < -0.39 is 11.7 Å². The molecular formula is C14H10BrClFNO. The molecule has 2 aromatic carbocycles. The summed E-state index contributed by atoms with van der Waals surface area (Å²) in [7, 11) is 0. The molecule has 5 heteroatoms. The fourth-order valence-electron chi connectivity index (χ4n) is 1.61. The van der Waals surface area contributed by atoms with Crippen molar-refractivity contribution in [1.82, 2.24) is 0 Å². The Balaban J connectivity index is 2.28. The van der Waals surface area contributed by atoms with Crippen LogP contribution in [0.2, 0.25) is 5.02 Å². The molecule has 0 aliphatic rings. The van der Waals surface area contributed by atoms with E-state index >= 15 is 0 Å². The average molecular weight is 343 g/mol. The lowest BCUT2D eigenvalue weighted by atomic mass is 10.1. The van der Waals surface area contributed by atoms with Crippen molar-refractivity contribution in [3.05, 3.63) is 62.8 Å². The average Bonchev–Trinajstić information content (AvgIpc) is 2.37. The summed E-state index contributed by atoms with van der Waals surface area (Å²) < 4.78 is 14.3. The molecule has 0 heterocycles. The summed E-state index contributed by atoms with van der Waals surface area (Å²) in [6.07, 6.45) is 0. The Kier molecular flexibility index (Phi) is 4.22. The van der Waals surface area contributed by atoms with Crippen LogP contribution in [-0.2, 0) is 0 Å². The summed E-state index contributed by atoms with van der Waals surface area (Å²) in [6.45, 7) is 1.73. The van der Waals surface area contributed by atoms with Crippen LogP contribution in [0.4, 0.5) is 10.1 Å². The Morgan fingerprint density at radius 2 is 2.05 bits per heavy atom. The first kappa shape index (κ1) is 14.0. The number of hydrogen-bond acceptors (Lipinski definition) is 1. The van der Waals surface area contributed by atoms with Gasteiger partial charge in [0, 0.05) is 10.0 Å². The van der Waals surface area contributed by atoms with Crippen LogP contribution in [0.15, 0.2) is 40.9 Å². The second kappa shape index (κ2) is 5.72. The first-order valence-electron chi connectivity index (χ1n) is 5.50. The number of anilines is 1. The number of benzene rings is 2. The van der Waals surface area contributed by atoms with Crippen molar-refractivity contribution in [2.45, 2.75) is 6.92 Å². The van der Waals surface area contributed by atoms with Gasteiger partial charge < -0.3 is 5.32 Å². The van der Waals surface area contributed by atoms with Crippen LogP contribution < -0.4 is 5.32 Å². The summed E-state index contributed by atoms with van der Waals surface area (Å²) in [6, 6.07) is 9.44. The summed E-state index contributed by atoms with van der Waals surface area (Å²) in [5.74, 6) is -0.862. The summed E-state index contributed by atoms with van der Waals surface area (Å²) >= 11 is 9.17. The number of carbonyl (C=O) groups is 1. The van der Waals surface area contributed by atoms with E-state index in [1.54, 1.807) is 31.2 Å². The van der Waals surface area contributed by atoms with Crippen molar-refractivity contribution < 1.29 is 9.18 Å². The highest BCUT2D eigenvalue weighted by Gasteiger charge is 2.12. The van der Waals surface area contributed by atoms with Gasteiger partial charge in [-0.3, -0.25) is 4.79 Å². The van der Waals surface area contributed by atoms with E-state index in [1.807, 2.05) is 0 Å². The molecule has 0 atom stereocenters. The molecule has 2 aromatic rings. The number of para-hydroxylation sites is 1. The lowest BCUT2D eigenvalue weighted by Gasteiger charge is -2.09. The maximum Gasteiger partial charge on any atom is 0.255 e. The minimum absolute atomic E-state index is 0.187. The molecule has 0 spiro atoms. The molecule has 0 fully saturated rings. The third-order valence-corrected chi connectivity index (χ3v) is 3.87. The van der Waals surface area contributed by atoms with Crippen molar-refractivity contribution in [2.24, 2.45) is 0 Å². The number of halogens is 3. The van der Waals surface area contributed by atoms with Gasteiger partial charge in [0.25, 0.3) is 5.91 Å². The molecule has 0 saturated carbocycles. The number of rotatable bonds is 2. The SMILES string of the molecule is Cc1cccc(F)c1NC(=O)c1ccc(Br)c(Cl)c1. The zero-order valence-corrected chi connectivity index (χ0v) is 12.3. The van der Waals surface area contributed by atoms with Crippen molar-refractivity contribution in [1.29, 1.82) is 0 Å². The molecular weight excluding hydrogens is 333 g/mol. The second-order valence-corrected chi connectivity index (χ2v) is 5.28. The Morgan fingerprint density at radius 3 is 2.68 bits per heavy atom. The van der Waals surface area contributed by atoms with Crippen LogP contribution in [-0.4, -0.2) is 5.91 Å². The number of nitrogens with one attached hydrogen (secondary N) is 1. The fraction of sp³-hybridized carbons (Fsp3) is 0.0714. The molecule has 2 rings (SSSR count). The van der Waals surface area contributed by atoms with Gasteiger partial charge in [0.15, 0.2) is 0 Å². The Labute approximate surface area is 123 Å². The quantitative estimate of drug-likeness (QED) is 0.834. The molecule has 0 unspecified atom stereocenters. The van der Waals surface area contributed by atoms with E-state index in [4.69, 9.17) is 11.6 Å². The highest BCUT2D eigenvalue weighted by molar-refractivity contribution is 9.10. The van der Waals surface area contributed by atoms with Crippen molar-refractivity contribution in [2.75, 3.05) is 5.32 Å². The van der Waals surface area contributed by atoms with Gasteiger partial charge in [0.2, 0.25) is 0 Å². The first-order valence-corrected chi connectivity index (χ1v) is 6.67. The standard InChI is InChI=1S/C14H10BrClFNO/c1-8-3-2-4-12(17)13(8)18-14(19)9-5-6-10(15)11(16)7-9/h2-7H,1H3,(H,18,19). The fourth-order valence-corrected chi connectivity index (χ4v) is 2.04. The number of carbonyl (C=O) groups excluding carboxylic acids is 1. The molecule has 0 bridgehead atoms. The lowest BCUT2D eigenvalue weighted by molar-refractivity contribution is 0.102. The van der Waals surface area contributed by atoms with E-state index in [9.17, 15) is 9.18 Å². The van der Waals surface area contributed by atoms with Crippen LogP contribution in [0, 0.1) is 12.7 Å². The predicted octanol–water partition coefficient (Wildman–Crippen LogP) is 4.80. The summed E-state index contributed by atoms with van der Waals surface area (Å²) in [5, 5.41) is 2.98. The number of aryl methyl sites for hydroxylation is 1. The molecule has 0 aliphatic carbocycles. The molecule has 19 heavy (non-hydrogen) atoms. The lowest BCUT2D eigenvalue weighted by Crippen LogP contribution is -2.14. The topological polar surface area (TPSA) is 29.1 Å². The van der Waals surface area contributed by atoms with Crippen molar-refractivity contribution in [3.8, 4) is 0 Å². The second-order valence-electron chi connectivity index (χ2n) is 4.01. The van der Waals surface area contributed by atoms with E-state index in [0.717, 1.165) is 0 Å². The van der Waals surface area contributed by atoms with Gasteiger partial charge in [-0.15, -0.1) is 0 Å². The van der Waals surface area contributed by atoms with Crippen LogP contribution in [0.25, 0.3) is 0 Å². The van der Waals surface area contributed by atoms with Gasteiger partial charge >= 0.3 is 0 Å². The van der Waals surface area contributed by atoms with Gasteiger partial charge in [0.05, 0.1) is 10.7 Å². The minimum Gasteiger partial charge on any atom is -0.319 e. The normalized spacial score (nSPS) is 10.3. The monoisotopic (exact) mass is 341 g/mol. The molecule has 98 valence electrons. The van der Waals surface area contributed by atoms with E-state index in [1.165, 1.54) is 12.1 Å². The maximum atomic E-state index is 13.6. The molecule has 2 nitrogen and oxygen atoms in total. The first-order chi connectivity index (χ1) is 8.99. The number of hydrogen-bond donors (Lipinski definition) is 1. The Morgan fingerprint density at radius 1 is 1.32 bits per heavy atom. The Hall–Kier alpha value is -1.39. The maximum absolute atomic E-state index is 13.6. The molecule has 0 radical (unpaired) electrons. The van der Waals surface area contributed by atoms with Crippen LogP contribution in [0.3, 0.4) is 0 Å². The molecule has 0 aromatic heterocycles. The third-order valence-electron chi connectivity index (χ3n) is 2.64. The molecule has 1 amide bonds. The van der Waals surface area contributed by atoms with E-state index in [0.29, 0.717) is 20.6 Å². The van der Waals surface area contributed by atoms with Gasteiger partial charge in [-0.25, -0.2) is 4.39 Å². The van der Waals surface area contributed by atoms with Crippen molar-refractivity contribution in [3.63, 3.8) is 0 Å². The van der Waals surface area contributed by atoms with Gasteiger partial charge in [-0.05, 0) is 52.7 Å². The van der Waals surface area contributed by atoms with Crippen LogP contribution in [0.5, 0.6) is 0 Å². The number of amides is 1. The van der Waals surface area contributed by atoms with Crippen LogP contribution >= 0.6 is 27.5 Å². The van der Waals surface area contributed by atoms with Gasteiger partial charge in [0.1, 0.15) is 5.82 Å². The summed E-state index contributed by atoms with van der Waals surface area (Å²) in [5.41, 5.74) is 1.22. The Bertz CT molecular complexity index is 625. The van der Waals surface area contributed by atoms with E-state index in [-0.39, 0.29) is 5.69 Å². The predicted molar refractivity (Wildman–Crippen MR) is 78.2 cm³/mol. The van der Waals surface area contributed by atoms with E-state index in [2.05, 4.69) is 21.2 Å². The minimum atomic E-state index is -0.462. The molecule has 0 saturated heterocycles. The summed E-state index contributed by atoms with van der Waals surface area (Å²) in [4.78, 5) is 12.0. The molecule has 0 aliphatic heterocycles. The van der Waals surface area contributed by atoms with Crippen LogP contribution in [0.1, 0.15) is 15.9 Å². The zero-order chi connectivity index (χ0) is 14.0. The van der Waals surface area contributed by atoms with Crippen molar-refractivity contribution >= 4 is 39.1 Å². The highest BCUT2D eigenvalue weighted by Crippen LogP contribution is 2.24. The highest BCUT2D eigenvalue weighted by atomic mass is 79.9.